The van der Waals surface area contributed by atoms with Gasteiger partial charge in [0.05, 0.1) is 6.10 Å². The molecule has 0 saturated heterocycles. The Morgan fingerprint density at radius 3 is 2.75 bits per heavy atom. The highest BCUT2D eigenvalue weighted by Crippen LogP contribution is 2.41. The van der Waals surface area contributed by atoms with E-state index in [0.29, 0.717) is 11.3 Å². The largest absolute Gasteiger partial charge is 0.393 e. The van der Waals surface area contributed by atoms with Gasteiger partial charge >= 0.3 is 0 Å². The van der Waals surface area contributed by atoms with Crippen LogP contribution in [0, 0.1) is 11.3 Å². The zero-order chi connectivity index (χ0) is 9.19. The fourth-order valence-electron chi connectivity index (χ4n) is 2.64. The Morgan fingerprint density at radius 1 is 1.58 bits per heavy atom. The van der Waals surface area contributed by atoms with Gasteiger partial charge in [0.15, 0.2) is 0 Å². The number of rotatable bonds is 2. The molecule has 1 aliphatic carbocycles. The van der Waals surface area contributed by atoms with Crippen molar-refractivity contribution in [3.05, 3.63) is 12.7 Å². The summed E-state index contributed by atoms with van der Waals surface area (Å²) in [7, 11) is 0. The summed E-state index contributed by atoms with van der Waals surface area (Å²) in [6.07, 6.45) is 6.09. The molecule has 0 aromatic carbocycles. The molecular formula is C11H20O. The molecule has 3 atom stereocenters. The molecule has 1 saturated carbocycles. The standard InChI is InChI=1S/C11H20O/c1-4-5-11(3)7-9(2)6-10(12)8-11/h4,9-10,12H,1,5-8H2,2-3H3/t9-,10+,11+/m0/s1. The highest BCUT2D eigenvalue weighted by molar-refractivity contribution is 4.90. The first-order valence-electron chi connectivity index (χ1n) is 4.85. The van der Waals surface area contributed by atoms with Crippen molar-refractivity contribution in [1.82, 2.24) is 0 Å². The molecule has 0 spiro atoms. The summed E-state index contributed by atoms with van der Waals surface area (Å²) in [5, 5.41) is 9.61. The normalized spacial score (nSPS) is 42.6. The minimum Gasteiger partial charge on any atom is -0.393 e. The van der Waals surface area contributed by atoms with Crippen molar-refractivity contribution in [3.63, 3.8) is 0 Å². The molecule has 1 aliphatic rings. The third kappa shape index (κ3) is 2.34. The van der Waals surface area contributed by atoms with Crippen molar-refractivity contribution in [2.45, 2.75) is 45.6 Å². The van der Waals surface area contributed by atoms with Crippen LogP contribution in [0.2, 0.25) is 0 Å². The van der Waals surface area contributed by atoms with Crippen molar-refractivity contribution >= 4 is 0 Å². The van der Waals surface area contributed by atoms with Crippen molar-refractivity contribution in [2.75, 3.05) is 0 Å². The van der Waals surface area contributed by atoms with E-state index in [-0.39, 0.29) is 6.10 Å². The molecule has 1 fully saturated rings. The zero-order valence-electron chi connectivity index (χ0n) is 8.21. The molecule has 0 aromatic rings. The molecule has 0 aliphatic heterocycles. The Balaban J connectivity index is 2.57. The molecule has 12 heavy (non-hydrogen) atoms. The minimum atomic E-state index is -0.0845. The second kappa shape index (κ2) is 3.61. The van der Waals surface area contributed by atoms with Crippen LogP contribution in [0.1, 0.15) is 39.5 Å². The summed E-state index contributed by atoms with van der Waals surface area (Å²) >= 11 is 0. The van der Waals surface area contributed by atoms with E-state index in [9.17, 15) is 5.11 Å². The molecule has 1 rings (SSSR count). The van der Waals surface area contributed by atoms with Crippen molar-refractivity contribution in [1.29, 1.82) is 0 Å². The molecule has 1 nitrogen and oxygen atoms in total. The van der Waals surface area contributed by atoms with E-state index in [2.05, 4.69) is 20.4 Å². The lowest BCUT2D eigenvalue weighted by atomic mass is 9.68. The summed E-state index contributed by atoms with van der Waals surface area (Å²) in [5.74, 6) is 0.665. The lowest BCUT2D eigenvalue weighted by Gasteiger charge is -2.39. The first-order chi connectivity index (χ1) is 5.56. The number of hydrogen-bond acceptors (Lipinski definition) is 1. The van der Waals surface area contributed by atoms with E-state index in [4.69, 9.17) is 0 Å². The Labute approximate surface area is 75.5 Å². The van der Waals surface area contributed by atoms with Crippen LogP contribution in [-0.4, -0.2) is 11.2 Å². The number of allylic oxidation sites excluding steroid dienone is 1. The monoisotopic (exact) mass is 168 g/mol. The first kappa shape index (κ1) is 9.79. The summed E-state index contributed by atoms with van der Waals surface area (Å²) in [5.41, 5.74) is 0.304. The van der Waals surface area contributed by atoms with E-state index >= 15 is 0 Å². The van der Waals surface area contributed by atoms with Gasteiger partial charge in [-0.2, -0.15) is 0 Å². The van der Waals surface area contributed by atoms with Gasteiger partial charge in [-0.3, -0.25) is 0 Å². The average molecular weight is 168 g/mol. The fourth-order valence-corrected chi connectivity index (χ4v) is 2.64. The predicted molar refractivity (Wildman–Crippen MR) is 51.9 cm³/mol. The first-order valence-corrected chi connectivity index (χ1v) is 4.85. The second-order valence-electron chi connectivity index (χ2n) is 4.71. The third-order valence-corrected chi connectivity index (χ3v) is 2.88. The van der Waals surface area contributed by atoms with Gasteiger partial charge in [0.1, 0.15) is 0 Å². The van der Waals surface area contributed by atoms with Gasteiger partial charge in [-0.1, -0.05) is 19.9 Å². The maximum Gasteiger partial charge on any atom is 0.0548 e. The molecule has 0 aromatic heterocycles. The van der Waals surface area contributed by atoms with Crippen molar-refractivity contribution in [2.24, 2.45) is 11.3 Å². The Morgan fingerprint density at radius 2 is 2.25 bits per heavy atom. The van der Waals surface area contributed by atoms with Crippen molar-refractivity contribution in [3.8, 4) is 0 Å². The lowest BCUT2D eigenvalue weighted by molar-refractivity contribution is 0.0315. The van der Waals surface area contributed by atoms with Crippen molar-refractivity contribution < 1.29 is 5.11 Å². The Kier molecular flexibility index (Phi) is 2.94. The molecular weight excluding hydrogens is 148 g/mol. The quantitative estimate of drug-likeness (QED) is 0.629. The molecule has 0 unspecified atom stereocenters. The maximum absolute atomic E-state index is 9.61. The average Bonchev–Trinajstić information content (AvgIpc) is 1.82. The van der Waals surface area contributed by atoms with E-state index in [1.807, 2.05) is 6.08 Å². The van der Waals surface area contributed by atoms with Crippen LogP contribution in [-0.2, 0) is 0 Å². The highest BCUT2D eigenvalue weighted by atomic mass is 16.3. The minimum absolute atomic E-state index is 0.0845. The highest BCUT2D eigenvalue weighted by Gasteiger charge is 2.33. The van der Waals surface area contributed by atoms with E-state index in [1.165, 1.54) is 6.42 Å². The fraction of sp³-hybridized carbons (Fsp3) is 0.818. The molecule has 70 valence electrons. The number of hydrogen-bond donors (Lipinski definition) is 1. The SMILES string of the molecule is C=CC[C@]1(C)C[C@@H](C)C[C@@H](O)C1. The van der Waals surface area contributed by atoms with Crippen LogP contribution in [0.3, 0.4) is 0 Å². The third-order valence-electron chi connectivity index (χ3n) is 2.88. The predicted octanol–water partition coefficient (Wildman–Crippen LogP) is 2.75. The molecule has 0 heterocycles. The van der Waals surface area contributed by atoms with Gasteiger partial charge < -0.3 is 5.11 Å². The van der Waals surface area contributed by atoms with Crippen LogP contribution in [0.5, 0.6) is 0 Å². The van der Waals surface area contributed by atoms with E-state index < -0.39 is 0 Å². The van der Waals surface area contributed by atoms with Crippen LogP contribution in [0.15, 0.2) is 12.7 Å². The second-order valence-corrected chi connectivity index (χ2v) is 4.71. The molecule has 0 bridgehead atoms. The smallest absolute Gasteiger partial charge is 0.0548 e. The molecule has 0 radical (unpaired) electrons. The van der Waals surface area contributed by atoms with Gasteiger partial charge in [-0.25, -0.2) is 0 Å². The van der Waals surface area contributed by atoms with Gasteiger partial charge in [-0.05, 0) is 37.0 Å². The van der Waals surface area contributed by atoms with E-state index in [1.54, 1.807) is 0 Å². The number of aliphatic hydroxyl groups excluding tert-OH is 1. The van der Waals surface area contributed by atoms with Crippen LogP contribution >= 0.6 is 0 Å². The van der Waals surface area contributed by atoms with Gasteiger partial charge in [0.25, 0.3) is 0 Å². The zero-order valence-corrected chi connectivity index (χ0v) is 8.21. The summed E-state index contributed by atoms with van der Waals surface area (Å²) in [6, 6.07) is 0. The molecule has 0 amide bonds. The van der Waals surface area contributed by atoms with Crippen LogP contribution in [0.4, 0.5) is 0 Å². The van der Waals surface area contributed by atoms with Gasteiger partial charge in [0, 0.05) is 0 Å². The number of aliphatic hydroxyl groups is 1. The van der Waals surface area contributed by atoms with E-state index in [0.717, 1.165) is 19.3 Å². The van der Waals surface area contributed by atoms with Gasteiger partial charge in [-0.15, -0.1) is 6.58 Å². The maximum atomic E-state index is 9.61. The summed E-state index contributed by atoms with van der Waals surface area (Å²) in [6.45, 7) is 8.25. The summed E-state index contributed by atoms with van der Waals surface area (Å²) < 4.78 is 0. The Bertz CT molecular complexity index is 152. The summed E-state index contributed by atoms with van der Waals surface area (Å²) in [4.78, 5) is 0. The van der Waals surface area contributed by atoms with Gasteiger partial charge in [0.2, 0.25) is 0 Å². The van der Waals surface area contributed by atoms with Crippen LogP contribution < -0.4 is 0 Å². The Hall–Kier alpha value is -0.300. The topological polar surface area (TPSA) is 20.2 Å². The molecule has 1 heteroatoms. The lowest BCUT2D eigenvalue weighted by Crippen LogP contribution is -2.32. The van der Waals surface area contributed by atoms with Crippen LogP contribution in [0.25, 0.3) is 0 Å². The molecule has 1 N–H and O–H groups in total.